The monoisotopic (exact) mass is 568 g/mol. The number of nitrogens with zero attached hydrogens (tertiary/aromatic N) is 5. The topological polar surface area (TPSA) is 113 Å². The lowest BCUT2D eigenvalue weighted by molar-refractivity contribution is -0.141. The van der Waals surface area contributed by atoms with E-state index >= 15 is 0 Å². The number of hydrogen-bond donors (Lipinski definition) is 1. The molecule has 0 bridgehead atoms. The Bertz CT molecular complexity index is 1800. The third-order valence-corrected chi connectivity index (χ3v) is 6.84. The number of pyridine rings is 2. The Kier molecular flexibility index (Phi) is 7.13. The molecule has 10 nitrogen and oxygen atoms in total. The zero-order valence-corrected chi connectivity index (χ0v) is 23.6. The van der Waals surface area contributed by atoms with Crippen LogP contribution in [0.25, 0.3) is 28.2 Å². The van der Waals surface area contributed by atoms with Crippen molar-refractivity contribution >= 4 is 17.4 Å². The van der Waals surface area contributed by atoms with Gasteiger partial charge in [0.05, 0.1) is 18.5 Å². The Hall–Kier alpha value is -4.74. The average Bonchev–Trinajstić information content (AvgIpc) is 3.53. The van der Waals surface area contributed by atoms with Crippen molar-refractivity contribution in [2.75, 3.05) is 18.5 Å². The number of anilines is 1. The standard InChI is InChI=1S/C31H29FN6O4/c1-18-13-20(5-6-24(18)32)27-28(21-7-11-34-26(15-21)36-30(39)22-8-10-33-19(2)14-22)38-29(37-27)25(9-12-35-38)40-16-23-17-41-31(3,4)42-23/h5-15,23H,16-17H2,1-4H3,(H,34,36,39). The minimum absolute atomic E-state index is 0.239. The van der Waals surface area contributed by atoms with Crippen LogP contribution >= 0.6 is 0 Å². The number of amides is 1. The first-order valence-electron chi connectivity index (χ1n) is 13.5. The number of carbonyl (C=O) groups is 1. The highest BCUT2D eigenvalue weighted by atomic mass is 19.1. The number of rotatable bonds is 7. The van der Waals surface area contributed by atoms with Crippen molar-refractivity contribution in [1.29, 1.82) is 0 Å². The van der Waals surface area contributed by atoms with Crippen molar-refractivity contribution in [3.8, 4) is 28.3 Å². The van der Waals surface area contributed by atoms with Gasteiger partial charge >= 0.3 is 0 Å². The Morgan fingerprint density at radius 1 is 1.07 bits per heavy atom. The number of ether oxygens (including phenoxy) is 3. The molecule has 11 heteroatoms. The minimum Gasteiger partial charge on any atom is -0.487 e. The molecule has 0 radical (unpaired) electrons. The number of aryl methyl sites for hydroxylation is 2. The van der Waals surface area contributed by atoms with E-state index in [0.717, 1.165) is 5.69 Å². The van der Waals surface area contributed by atoms with Gasteiger partial charge in [0.2, 0.25) is 0 Å². The second-order valence-electron chi connectivity index (χ2n) is 10.5. The molecule has 4 aromatic heterocycles. The van der Waals surface area contributed by atoms with Gasteiger partial charge < -0.3 is 19.5 Å². The third kappa shape index (κ3) is 5.56. The molecular weight excluding hydrogens is 539 g/mol. The summed E-state index contributed by atoms with van der Waals surface area (Å²) in [4.78, 5) is 26.3. The smallest absolute Gasteiger partial charge is 0.256 e. The maximum Gasteiger partial charge on any atom is 0.256 e. The molecule has 42 heavy (non-hydrogen) atoms. The zero-order chi connectivity index (χ0) is 29.4. The molecule has 1 saturated heterocycles. The molecule has 0 aliphatic carbocycles. The number of nitrogens with one attached hydrogen (secondary N) is 1. The van der Waals surface area contributed by atoms with Crippen LogP contribution in [0.3, 0.4) is 0 Å². The highest BCUT2D eigenvalue weighted by molar-refractivity contribution is 6.04. The van der Waals surface area contributed by atoms with Crippen LogP contribution in [0.4, 0.5) is 10.2 Å². The molecule has 1 aliphatic rings. The van der Waals surface area contributed by atoms with Crippen molar-refractivity contribution in [3.63, 3.8) is 0 Å². The molecule has 0 saturated carbocycles. The van der Waals surface area contributed by atoms with Crippen molar-refractivity contribution in [2.45, 2.75) is 39.6 Å². The van der Waals surface area contributed by atoms with Gasteiger partial charge in [0, 0.05) is 40.8 Å². The SMILES string of the molecule is Cc1cc(C(=O)Nc2cc(-c3c(-c4ccc(F)c(C)c4)nc4c(OCC5COC(C)(C)O5)ccnn34)ccn2)ccn1. The first-order chi connectivity index (χ1) is 20.2. The van der Waals surface area contributed by atoms with Crippen LogP contribution < -0.4 is 10.1 Å². The van der Waals surface area contributed by atoms with Crippen molar-refractivity contribution in [3.05, 3.63) is 89.8 Å². The summed E-state index contributed by atoms with van der Waals surface area (Å²) in [6.45, 7) is 7.92. The highest BCUT2D eigenvalue weighted by Gasteiger charge is 2.33. The number of halogens is 1. The molecule has 1 N–H and O–H groups in total. The molecule has 1 amide bonds. The van der Waals surface area contributed by atoms with E-state index in [4.69, 9.17) is 19.2 Å². The summed E-state index contributed by atoms with van der Waals surface area (Å²) in [5.41, 5.74) is 4.73. The summed E-state index contributed by atoms with van der Waals surface area (Å²) in [6.07, 6.45) is 4.57. The number of hydrogen-bond acceptors (Lipinski definition) is 8. The summed E-state index contributed by atoms with van der Waals surface area (Å²) >= 11 is 0. The Morgan fingerprint density at radius 3 is 2.67 bits per heavy atom. The molecule has 1 aromatic carbocycles. The summed E-state index contributed by atoms with van der Waals surface area (Å²) in [6, 6.07) is 13.5. The Morgan fingerprint density at radius 2 is 1.90 bits per heavy atom. The van der Waals surface area contributed by atoms with Gasteiger partial charge in [-0.05, 0) is 75.7 Å². The first kappa shape index (κ1) is 27.4. The van der Waals surface area contributed by atoms with Gasteiger partial charge in [-0.3, -0.25) is 9.78 Å². The average molecular weight is 569 g/mol. The molecule has 1 atom stereocenters. The number of imidazole rings is 1. The molecule has 0 spiro atoms. The Balaban J connectivity index is 1.40. The minimum atomic E-state index is -0.666. The lowest BCUT2D eigenvalue weighted by Crippen LogP contribution is -2.25. The van der Waals surface area contributed by atoms with Gasteiger partial charge in [-0.2, -0.15) is 5.10 Å². The van der Waals surface area contributed by atoms with E-state index in [9.17, 15) is 9.18 Å². The van der Waals surface area contributed by atoms with Crippen LogP contribution in [0.2, 0.25) is 0 Å². The van der Waals surface area contributed by atoms with Crippen LogP contribution in [-0.2, 0) is 9.47 Å². The molecule has 6 rings (SSSR count). The second-order valence-corrected chi connectivity index (χ2v) is 10.5. The fourth-order valence-electron chi connectivity index (χ4n) is 4.84. The summed E-state index contributed by atoms with van der Waals surface area (Å²) < 4.78 is 33.6. The maximum atomic E-state index is 14.2. The number of benzene rings is 1. The van der Waals surface area contributed by atoms with Crippen LogP contribution in [0.15, 0.2) is 67.1 Å². The lowest BCUT2D eigenvalue weighted by Gasteiger charge is -2.17. The number of carbonyl (C=O) groups excluding carboxylic acids is 1. The predicted molar refractivity (Wildman–Crippen MR) is 154 cm³/mol. The van der Waals surface area contributed by atoms with Gasteiger partial charge in [-0.25, -0.2) is 18.9 Å². The van der Waals surface area contributed by atoms with Gasteiger partial charge in [0.1, 0.15) is 30.0 Å². The van der Waals surface area contributed by atoms with Crippen LogP contribution in [0.1, 0.15) is 35.5 Å². The first-order valence-corrected chi connectivity index (χ1v) is 13.5. The fraction of sp³-hybridized carbons (Fsp3) is 0.258. The van der Waals surface area contributed by atoms with Crippen LogP contribution in [0, 0.1) is 19.7 Å². The van der Waals surface area contributed by atoms with Crippen LogP contribution in [-0.4, -0.2) is 55.6 Å². The van der Waals surface area contributed by atoms with Gasteiger partial charge in [-0.1, -0.05) is 0 Å². The fourth-order valence-corrected chi connectivity index (χ4v) is 4.84. The molecule has 214 valence electrons. The number of fused-ring (bicyclic) bond motifs is 1. The molecule has 5 aromatic rings. The second kappa shape index (κ2) is 10.9. The lowest BCUT2D eigenvalue weighted by atomic mass is 10.0. The summed E-state index contributed by atoms with van der Waals surface area (Å²) in [7, 11) is 0. The quantitative estimate of drug-likeness (QED) is 0.278. The zero-order valence-electron chi connectivity index (χ0n) is 23.6. The van der Waals surface area contributed by atoms with E-state index in [1.54, 1.807) is 72.5 Å². The largest absolute Gasteiger partial charge is 0.487 e. The Labute approximate surface area is 241 Å². The van der Waals surface area contributed by atoms with Crippen molar-refractivity contribution < 1.29 is 23.4 Å². The molecule has 1 unspecified atom stereocenters. The van der Waals surface area contributed by atoms with Crippen LogP contribution in [0.5, 0.6) is 5.75 Å². The molecule has 1 fully saturated rings. The molecular formula is C31H29FN6O4. The van der Waals surface area contributed by atoms with Gasteiger partial charge in [0.15, 0.2) is 17.2 Å². The predicted octanol–water partition coefficient (Wildman–Crippen LogP) is 5.39. The highest BCUT2D eigenvalue weighted by Crippen LogP contribution is 2.36. The normalized spacial score (nSPS) is 16.1. The number of aromatic nitrogens is 5. The van der Waals surface area contributed by atoms with E-state index < -0.39 is 5.79 Å². The summed E-state index contributed by atoms with van der Waals surface area (Å²) in [5.74, 6) is -0.446. The van der Waals surface area contributed by atoms with Gasteiger partial charge in [0.25, 0.3) is 5.91 Å². The van der Waals surface area contributed by atoms with E-state index in [1.807, 2.05) is 20.8 Å². The van der Waals surface area contributed by atoms with E-state index in [2.05, 4.69) is 20.4 Å². The molecule has 1 aliphatic heterocycles. The van der Waals surface area contributed by atoms with Gasteiger partial charge in [-0.15, -0.1) is 0 Å². The van der Waals surface area contributed by atoms with Crippen molar-refractivity contribution in [1.82, 2.24) is 24.6 Å². The van der Waals surface area contributed by atoms with Crippen molar-refractivity contribution in [2.24, 2.45) is 0 Å². The van der Waals surface area contributed by atoms with E-state index in [-0.39, 0.29) is 24.4 Å². The molecule has 5 heterocycles. The van der Waals surface area contributed by atoms with E-state index in [0.29, 0.717) is 57.5 Å². The maximum absolute atomic E-state index is 14.2. The third-order valence-electron chi connectivity index (χ3n) is 6.84. The van der Waals surface area contributed by atoms with E-state index in [1.165, 1.54) is 6.07 Å². The summed E-state index contributed by atoms with van der Waals surface area (Å²) in [5, 5.41) is 7.44.